The van der Waals surface area contributed by atoms with Gasteiger partial charge in [-0.3, -0.25) is 0 Å². The molecule has 1 heterocycles. The first-order valence-electron chi connectivity index (χ1n) is 5.73. The Kier molecular flexibility index (Phi) is 5.25. The second kappa shape index (κ2) is 6.48. The van der Waals surface area contributed by atoms with Crippen LogP contribution in [0.15, 0.2) is 0 Å². The van der Waals surface area contributed by atoms with Crippen molar-refractivity contribution >= 4 is 17.9 Å². The van der Waals surface area contributed by atoms with Crippen LogP contribution in [0.4, 0.5) is 0 Å². The summed E-state index contributed by atoms with van der Waals surface area (Å²) in [6, 6.07) is 0. The van der Waals surface area contributed by atoms with Crippen molar-refractivity contribution in [2.75, 3.05) is 26.9 Å². The van der Waals surface area contributed by atoms with E-state index in [1.54, 1.807) is 13.8 Å². The van der Waals surface area contributed by atoms with Gasteiger partial charge in [0, 0.05) is 0 Å². The van der Waals surface area contributed by atoms with Crippen molar-refractivity contribution in [2.24, 2.45) is 0 Å². The van der Waals surface area contributed by atoms with E-state index in [1.165, 1.54) is 0 Å². The second-order valence-corrected chi connectivity index (χ2v) is 3.55. The number of esters is 3. The number of ether oxygens (including phenoxy) is 5. The maximum Gasteiger partial charge on any atom is 0.363 e. The van der Waals surface area contributed by atoms with Gasteiger partial charge < -0.3 is 23.7 Å². The molecule has 0 aromatic heterocycles. The second-order valence-electron chi connectivity index (χ2n) is 3.55. The first-order chi connectivity index (χ1) is 9.01. The third kappa shape index (κ3) is 3.02. The van der Waals surface area contributed by atoms with Gasteiger partial charge in [0.05, 0.1) is 20.3 Å². The molecule has 0 aromatic rings. The number of methoxy groups -OCH3 is 1. The summed E-state index contributed by atoms with van der Waals surface area (Å²) in [4.78, 5) is 35.0. The minimum atomic E-state index is -2.08. The van der Waals surface area contributed by atoms with Gasteiger partial charge in [-0.15, -0.1) is 0 Å². The standard InChI is InChI=1S/C11H16O8/c1-4-16-9(13)11(10(14)17-5-2)6-18-8(19-11)7(12)15-3/h8H,4-6H2,1-3H3. The molecule has 1 rings (SSSR count). The number of carbonyl (C=O) groups excluding carboxylic acids is 3. The van der Waals surface area contributed by atoms with E-state index in [2.05, 4.69) is 4.74 Å². The van der Waals surface area contributed by atoms with E-state index in [0.717, 1.165) is 7.11 Å². The average Bonchev–Trinajstić information content (AvgIpc) is 2.85. The molecule has 1 saturated heterocycles. The van der Waals surface area contributed by atoms with Gasteiger partial charge in [0.25, 0.3) is 11.9 Å². The van der Waals surface area contributed by atoms with E-state index >= 15 is 0 Å². The van der Waals surface area contributed by atoms with E-state index < -0.39 is 36.4 Å². The highest BCUT2D eigenvalue weighted by Gasteiger charge is 2.58. The molecule has 1 atom stereocenters. The molecule has 0 saturated carbocycles. The largest absolute Gasteiger partial charge is 0.465 e. The summed E-state index contributed by atoms with van der Waals surface area (Å²) >= 11 is 0. The maximum atomic E-state index is 11.9. The van der Waals surface area contributed by atoms with Crippen LogP contribution < -0.4 is 0 Å². The Balaban J connectivity index is 2.93. The molecule has 8 nitrogen and oxygen atoms in total. The molecular weight excluding hydrogens is 260 g/mol. The molecule has 108 valence electrons. The monoisotopic (exact) mass is 276 g/mol. The molecular formula is C11H16O8. The van der Waals surface area contributed by atoms with Crippen LogP contribution in [0.2, 0.25) is 0 Å². The summed E-state index contributed by atoms with van der Waals surface area (Å²) in [5.74, 6) is -2.77. The van der Waals surface area contributed by atoms with Gasteiger partial charge in [-0.1, -0.05) is 0 Å². The van der Waals surface area contributed by atoms with E-state index in [4.69, 9.17) is 18.9 Å². The predicted molar refractivity (Wildman–Crippen MR) is 58.8 cm³/mol. The first kappa shape index (κ1) is 15.4. The SMILES string of the molecule is CCOC(=O)C1(C(=O)OCC)COC(C(=O)OC)O1. The van der Waals surface area contributed by atoms with Crippen molar-refractivity contribution in [3.05, 3.63) is 0 Å². The summed E-state index contributed by atoms with van der Waals surface area (Å²) in [6.07, 6.45) is -1.46. The molecule has 0 radical (unpaired) electrons. The van der Waals surface area contributed by atoms with Crippen LogP contribution in [-0.4, -0.2) is 56.7 Å². The van der Waals surface area contributed by atoms with E-state index in [-0.39, 0.29) is 13.2 Å². The topological polar surface area (TPSA) is 97.4 Å². The van der Waals surface area contributed by atoms with Crippen molar-refractivity contribution in [3.8, 4) is 0 Å². The number of hydrogen-bond acceptors (Lipinski definition) is 8. The Morgan fingerprint density at radius 2 is 1.68 bits per heavy atom. The Morgan fingerprint density at radius 1 is 1.16 bits per heavy atom. The lowest BCUT2D eigenvalue weighted by molar-refractivity contribution is -0.195. The van der Waals surface area contributed by atoms with Crippen LogP contribution in [0.3, 0.4) is 0 Å². The lowest BCUT2D eigenvalue weighted by Gasteiger charge is -2.22. The molecule has 0 spiro atoms. The van der Waals surface area contributed by atoms with Crippen molar-refractivity contribution in [1.29, 1.82) is 0 Å². The Bertz CT molecular complexity index is 346. The third-order valence-electron chi connectivity index (χ3n) is 2.35. The Morgan fingerprint density at radius 3 is 2.11 bits per heavy atom. The van der Waals surface area contributed by atoms with Crippen LogP contribution in [0.5, 0.6) is 0 Å². The number of rotatable bonds is 5. The van der Waals surface area contributed by atoms with Crippen LogP contribution in [0.1, 0.15) is 13.8 Å². The molecule has 1 unspecified atom stereocenters. The minimum Gasteiger partial charge on any atom is -0.465 e. The van der Waals surface area contributed by atoms with Crippen molar-refractivity contribution in [2.45, 2.75) is 25.7 Å². The molecule has 0 N–H and O–H groups in total. The van der Waals surface area contributed by atoms with Crippen molar-refractivity contribution in [1.82, 2.24) is 0 Å². The van der Waals surface area contributed by atoms with E-state index in [0.29, 0.717) is 0 Å². The normalized spacial score (nSPS) is 20.7. The van der Waals surface area contributed by atoms with E-state index in [9.17, 15) is 14.4 Å². The highest BCUT2D eigenvalue weighted by molar-refractivity contribution is 6.04. The van der Waals surface area contributed by atoms with Gasteiger partial charge in [-0.05, 0) is 13.8 Å². The smallest absolute Gasteiger partial charge is 0.363 e. The molecule has 1 aliphatic rings. The summed E-state index contributed by atoms with van der Waals surface area (Å²) in [5.41, 5.74) is -2.08. The summed E-state index contributed by atoms with van der Waals surface area (Å²) in [7, 11) is 1.13. The zero-order valence-corrected chi connectivity index (χ0v) is 11.0. The lowest BCUT2D eigenvalue weighted by Crippen LogP contribution is -2.51. The fourth-order valence-electron chi connectivity index (χ4n) is 1.45. The molecule has 0 bridgehead atoms. The summed E-state index contributed by atoms with van der Waals surface area (Å²) in [6.45, 7) is 2.78. The third-order valence-corrected chi connectivity index (χ3v) is 2.35. The predicted octanol–water partition coefficient (Wildman–Crippen LogP) is -0.603. The van der Waals surface area contributed by atoms with Crippen LogP contribution in [0, 0.1) is 0 Å². The van der Waals surface area contributed by atoms with Gasteiger partial charge in [-0.25, -0.2) is 14.4 Å². The average molecular weight is 276 g/mol. The molecule has 0 aliphatic carbocycles. The zero-order valence-electron chi connectivity index (χ0n) is 11.0. The lowest BCUT2D eigenvalue weighted by atomic mass is 10.1. The number of hydrogen-bond donors (Lipinski definition) is 0. The van der Waals surface area contributed by atoms with Crippen molar-refractivity contribution in [3.63, 3.8) is 0 Å². The first-order valence-corrected chi connectivity index (χ1v) is 5.73. The fraction of sp³-hybridized carbons (Fsp3) is 0.727. The van der Waals surface area contributed by atoms with Gasteiger partial charge in [-0.2, -0.15) is 0 Å². The molecule has 0 amide bonds. The van der Waals surface area contributed by atoms with Crippen LogP contribution >= 0.6 is 0 Å². The molecule has 1 fully saturated rings. The zero-order chi connectivity index (χ0) is 14.5. The highest BCUT2D eigenvalue weighted by atomic mass is 16.8. The Hall–Kier alpha value is -1.67. The van der Waals surface area contributed by atoms with Gasteiger partial charge in [0.1, 0.15) is 6.61 Å². The Labute approximate surface area is 109 Å². The minimum absolute atomic E-state index is 0.0479. The van der Waals surface area contributed by atoms with Crippen LogP contribution in [0.25, 0.3) is 0 Å². The maximum absolute atomic E-state index is 11.9. The van der Waals surface area contributed by atoms with Gasteiger partial charge in [0.2, 0.25) is 0 Å². The molecule has 8 heteroatoms. The van der Waals surface area contributed by atoms with Gasteiger partial charge >= 0.3 is 17.9 Å². The summed E-state index contributed by atoms with van der Waals surface area (Å²) < 4.78 is 24.0. The molecule has 0 aromatic carbocycles. The number of carbonyl (C=O) groups is 3. The molecule has 19 heavy (non-hydrogen) atoms. The summed E-state index contributed by atoms with van der Waals surface area (Å²) in [5, 5.41) is 0. The van der Waals surface area contributed by atoms with E-state index in [1.807, 2.05) is 0 Å². The fourth-order valence-corrected chi connectivity index (χ4v) is 1.45. The van der Waals surface area contributed by atoms with Gasteiger partial charge in [0.15, 0.2) is 0 Å². The van der Waals surface area contributed by atoms with Crippen molar-refractivity contribution < 1.29 is 38.1 Å². The van der Waals surface area contributed by atoms with Crippen LogP contribution in [-0.2, 0) is 38.1 Å². The molecule has 1 aliphatic heterocycles. The highest BCUT2D eigenvalue weighted by Crippen LogP contribution is 2.27. The quantitative estimate of drug-likeness (QED) is 0.373.